The van der Waals surface area contributed by atoms with Crippen LogP contribution < -0.4 is 30.6 Å². The molecule has 0 radical (unpaired) electrons. The van der Waals surface area contributed by atoms with Gasteiger partial charge in [-0.2, -0.15) is 20.3 Å². The molecule has 0 atom stereocenters. The normalized spacial score (nSPS) is 14.3. The highest BCUT2D eigenvalue weighted by atomic mass is 32.1. The van der Waals surface area contributed by atoms with Crippen molar-refractivity contribution in [1.29, 1.82) is 0 Å². The van der Waals surface area contributed by atoms with Gasteiger partial charge in [-0.1, -0.05) is 75.4 Å². The third-order valence-electron chi connectivity index (χ3n) is 22.1. The SMILES string of the molecule is CC(C)Nc1cc(-c2ccc3c(c2)OCO3)nc(N)n1.CCN(Cc1ccc(-n2cccn2)cc1)CC1CCOCC1.CN1CCC2(CC1)CCN(C(=O)c1cccc(Oc3ncccn3)c1)C2.CNc1ncc(CN(C)C(=O)C2=CN=NC2)cn1.Cc1ccc(-c2ccc3ccccc3n2)cc1CO.Cc1nc(C(C)C)ncc1C(=O)N(C)Cc1scnc1C. The van der Waals surface area contributed by atoms with E-state index < -0.39 is 0 Å². The number of aryl methyl sites for hydroxylation is 3. The number of para-hydroxylation sites is 1. The van der Waals surface area contributed by atoms with Gasteiger partial charge in [-0.05, 0) is 200 Å². The van der Waals surface area contributed by atoms with Gasteiger partial charge in [-0.3, -0.25) is 19.3 Å². The zero-order chi connectivity index (χ0) is 89.1. The minimum atomic E-state index is -0.0716. The van der Waals surface area contributed by atoms with Gasteiger partial charge < -0.3 is 60.0 Å². The summed E-state index contributed by atoms with van der Waals surface area (Å²) in [5, 5.41) is 28.2. The van der Waals surface area contributed by atoms with Crippen molar-refractivity contribution in [3.05, 3.63) is 256 Å². The van der Waals surface area contributed by atoms with Crippen molar-refractivity contribution in [1.82, 2.24) is 84.1 Å². The fourth-order valence-corrected chi connectivity index (χ4v) is 15.5. The first-order chi connectivity index (χ1) is 61.0. The molecule has 7 aromatic heterocycles. The second-order valence-corrected chi connectivity index (χ2v) is 33.2. The number of piperidine rings is 1. The van der Waals surface area contributed by atoms with Crippen LogP contribution in [-0.2, 0) is 35.8 Å². The first-order valence-corrected chi connectivity index (χ1v) is 43.4. The van der Waals surface area contributed by atoms with Gasteiger partial charge in [0.15, 0.2) is 11.5 Å². The molecule has 658 valence electrons. The molecular weight excluding hydrogens is 1610 g/mol. The molecule has 5 aliphatic heterocycles. The van der Waals surface area contributed by atoms with Gasteiger partial charge in [-0.15, -0.1) is 11.3 Å². The fourth-order valence-electron chi connectivity index (χ4n) is 14.7. The predicted molar refractivity (Wildman–Crippen MR) is 490 cm³/mol. The number of aromatic nitrogens is 12. The topological polar surface area (TPSA) is 346 Å². The van der Waals surface area contributed by atoms with E-state index in [1.54, 1.807) is 97.1 Å². The van der Waals surface area contributed by atoms with E-state index in [1.165, 1.54) is 44.0 Å². The highest BCUT2D eigenvalue weighted by Gasteiger charge is 2.42. The number of nitrogens with two attached hydrogens (primary N) is 1. The van der Waals surface area contributed by atoms with Crippen LogP contribution in [-0.4, -0.2) is 207 Å². The van der Waals surface area contributed by atoms with E-state index in [0.717, 1.165) is 154 Å². The summed E-state index contributed by atoms with van der Waals surface area (Å²) in [5.41, 5.74) is 21.4. The van der Waals surface area contributed by atoms with Crippen molar-refractivity contribution in [3.63, 3.8) is 0 Å². The Morgan fingerprint density at radius 2 is 1.44 bits per heavy atom. The minimum Gasteiger partial charge on any atom is -0.454 e. The lowest BCUT2D eigenvalue weighted by atomic mass is 9.78. The number of likely N-dealkylation sites (N-methyl/N-ethyl adjacent to an activating group) is 1. The minimum absolute atomic E-state index is 0.0596. The van der Waals surface area contributed by atoms with E-state index in [1.807, 2.05) is 155 Å². The van der Waals surface area contributed by atoms with Crippen LogP contribution >= 0.6 is 11.3 Å². The standard InChI is InChI=1S/C20H24N4O2.C18H25N3O.C17H15NO.C15H20N4OS.C14H16N4O2.C11H14N6O/c1-23-11-6-20(7-12-23)8-13-24(15-20)18(25)16-4-2-5-17(14-16)26-19-21-9-3-10-22-19;1-2-20(15-17-8-12-22-13-9-17)14-16-4-6-18(7-5-16)21-11-3-10-19-21;1-12-6-7-14(10-15(12)11-19)17-9-8-13-4-2-3-5-16(13)18-17;1-9(2)14-16-6-12(10(3)18-14)15(20)19(5)7-13-11(4)17-8-21-13;1-8(2)16-13-6-10(17-14(15)18-13)9-3-4-11-12(5-9)20-7-19-11;1-12-11-13-3-8(4-14-11)7-17(2)10(18)9-5-15-16-6-9/h2-5,9-10,14H,6-8,11-13,15H2,1H3;3-7,10-11,17H,2,8-9,12-15H2,1H3;2-10,19H,11H2,1H3;6,8-9H,7H2,1-5H3;3-6,8H,7H2,1-2H3,(H3,15,16,17,18);3-5H,6-7H2,1-2H3,(H,12,13,14). The van der Waals surface area contributed by atoms with E-state index in [9.17, 15) is 19.5 Å². The maximum absolute atomic E-state index is 13.0. The van der Waals surface area contributed by atoms with Crippen LogP contribution in [0.5, 0.6) is 23.3 Å². The van der Waals surface area contributed by atoms with E-state index >= 15 is 0 Å². The summed E-state index contributed by atoms with van der Waals surface area (Å²) in [5.74, 6) is 5.32. The van der Waals surface area contributed by atoms with Crippen molar-refractivity contribution < 1.29 is 38.4 Å². The third-order valence-corrected chi connectivity index (χ3v) is 23.0. The number of amides is 3. The van der Waals surface area contributed by atoms with E-state index in [2.05, 4.69) is 136 Å². The predicted octanol–water partition coefficient (Wildman–Crippen LogP) is 15.7. The number of fused-ring (bicyclic) bond motifs is 2. The number of hydrogen-bond donors (Lipinski definition) is 4. The second-order valence-electron chi connectivity index (χ2n) is 32.3. The van der Waals surface area contributed by atoms with Gasteiger partial charge in [0.2, 0.25) is 18.7 Å². The Morgan fingerprint density at radius 3 is 2.13 bits per heavy atom. The Hall–Kier alpha value is -12.9. The number of aliphatic hydroxyl groups excluding tert-OH is 1. The molecule has 12 heterocycles. The Labute approximate surface area is 740 Å². The van der Waals surface area contributed by atoms with E-state index in [0.29, 0.717) is 59.3 Å². The maximum atomic E-state index is 13.0. The van der Waals surface area contributed by atoms with Crippen LogP contribution in [0.4, 0.5) is 17.7 Å². The number of likely N-dealkylation sites (tertiary alicyclic amines) is 2. The zero-order valence-corrected chi connectivity index (χ0v) is 74.7. The molecule has 5 N–H and O–H groups in total. The number of nitrogens with one attached hydrogen (secondary N) is 2. The van der Waals surface area contributed by atoms with Gasteiger partial charge >= 0.3 is 6.01 Å². The van der Waals surface area contributed by atoms with E-state index in [4.69, 9.17) is 24.7 Å². The Kier molecular flexibility index (Phi) is 33.0. The Bertz CT molecular complexity index is 5610. The molecule has 30 nitrogen and oxygen atoms in total. The molecule has 0 saturated carbocycles. The molecule has 5 aromatic carbocycles. The molecule has 1 spiro atoms. The van der Waals surface area contributed by atoms with Crippen molar-refractivity contribution >= 4 is 57.7 Å². The lowest BCUT2D eigenvalue weighted by Crippen LogP contribution is -2.40. The number of thiazole rings is 1. The highest BCUT2D eigenvalue weighted by molar-refractivity contribution is 7.09. The molecule has 31 heteroatoms. The molecule has 3 amide bonds. The number of carbonyl (C=O) groups is 3. The average Bonchev–Trinajstić information content (AvgIpc) is 1.64. The number of pyridine rings is 1. The Morgan fingerprint density at radius 1 is 0.706 bits per heavy atom. The van der Waals surface area contributed by atoms with Gasteiger partial charge in [0.05, 0.1) is 76.5 Å². The van der Waals surface area contributed by atoms with Crippen LogP contribution in [0, 0.1) is 32.1 Å². The number of nitrogen functional groups attached to an aromatic ring is 1. The monoisotopic (exact) mass is 1720 g/mol. The van der Waals surface area contributed by atoms with Gasteiger partial charge in [0.1, 0.15) is 17.4 Å². The van der Waals surface area contributed by atoms with Crippen LogP contribution in [0.15, 0.2) is 210 Å². The number of hydrogen-bond acceptors (Lipinski definition) is 27. The second kappa shape index (κ2) is 45.1. The molecule has 0 bridgehead atoms. The summed E-state index contributed by atoms with van der Waals surface area (Å²) in [6, 6.07) is 46.0. The van der Waals surface area contributed by atoms with Crippen LogP contribution in [0.2, 0.25) is 0 Å². The van der Waals surface area contributed by atoms with Crippen molar-refractivity contribution in [2.45, 2.75) is 126 Å². The molecule has 0 aliphatic carbocycles. The largest absolute Gasteiger partial charge is 0.454 e. The maximum Gasteiger partial charge on any atom is 0.321 e. The molecule has 12 aromatic rings. The van der Waals surface area contributed by atoms with Crippen LogP contribution in [0.25, 0.3) is 39.1 Å². The molecule has 0 unspecified atom stereocenters. The summed E-state index contributed by atoms with van der Waals surface area (Å²) in [6.07, 6.45) is 19.4. The van der Waals surface area contributed by atoms with Crippen LogP contribution in [0.3, 0.4) is 0 Å². The zero-order valence-electron chi connectivity index (χ0n) is 73.9. The van der Waals surface area contributed by atoms with Gasteiger partial charge in [0.25, 0.3) is 17.7 Å². The lowest BCUT2D eigenvalue weighted by Gasteiger charge is -2.37. The van der Waals surface area contributed by atoms with Gasteiger partial charge in [-0.25, -0.2) is 49.5 Å². The number of aliphatic hydroxyl groups is 1. The van der Waals surface area contributed by atoms with Crippen molar-refractivity contribution in [2.75, 3.05) is 110 Å². The van der Waals surface area contributed by atoms with Crippen molar-refractivity contribution in [3.8, 4) is 51.5 Å². The number of carbonyl (C=O) groups excluding carboxylic acids is 3. The first-order valence-electron chi connectivity index (χ1n) is 42.6. The summed E-state index contributed by atoms with van der Waals surface area (Å²) in [6.45, 7) is 27.0. The number of benzene rings is 5. The first kappa shape index (κ1) is 92.2. The third kappa shape index (κ3) is 26.1. The molecule has 5 aliphatic rings. The summed E-state index contributed by atoms with van der Waals surface area (Å²) in [7, 11) is 7.45. The number of anilines is 3. The lowest BCUT2D eigenvalue weighted by molar-refractivity contribution is -0.126. The molecule has 126 heavy (non-hydrogen) atoms. The molecule has 3 saturated heterocycles. The number of azo groups is 1. The molecule has 3 fully saturated rings. The van der Waals surface area contributed by atoms with Crippen molar-refractivity contribution in [2.24, 2.45) is 21.6 Å². The number of rotatable bonds is 22. The Balaban J connectivity index is 0.000000138. The summed E-state index contributed by atoms with van der Waals surface area (Å²) in [4.78, 5) is 91.1. The van der Waals surface area contributed by atoms with E-state index in [-0.39, 0.29) is 55.0 Å². The van der Waals surface area contributed by atoms with Crippen LogP contribution in [0.1, 0.15) is 138 Å². The highest BCUT2D eigenvalue weighted by Crippen LogP contribution is 2.41. The fraction of sp³-hybridized carbons (Fsp3) is 0.368. The molecular formula is C95H114N22O8S. The summed E-state index contributed by atoms with van der Waals surface area (Å²) < 4.78 is 23.7. The number of ether oxygens (including phenoxy) is 4. The number of nitrogens with zero attached hydrogens (tertiary/aromatic N) is 19. The summed E-state index contributed by atoms with van der Waals surface area (Å²) >= 11 is 1.56. The average molecular weight is 1720 g/mol. The van der Waals surface area contributed by atoms with Gasteiger partial charge in [0, 0.05) is 161 Å². The smallest absolute Gasteiger partial charge is 0.321 e. The quantitative estimate of drug-likeness (QED) is 0.0489. The molecule has 17 rings (SSSR count).